The highest BCUT2D eigenvalue weighted by Gasteiger charge is 2.16. The van der Waals surface area contributed by atoms with Crippen LogP contribution in [0.15, 0.2) is 36.7 Å². The van der Waals surface area contributed by atoms with Crippen LogP contribution < -0.4 is 5.32 Å². The molecular formula is C16H22N2O. The molecule has 2 rings (SSSR count). The third kappa shape index (κ3) is 3.75. The molecule has 0 saturated heterocycles. The summed E-state index contributed by atoms with van der Waals surface area (Å²) in [5.74, 6) is 0. The molecule has 1 aromatic carbocycles. The highest BCUT2D eigenvalue weighted by Crippen LogP contribution is 2.17. The van der Waals surface area contributed by atoms with Gasteiger partial charge in [0.25, 0.3) is 0 Å². The van der Waals surface area contributed by atoms with Crippen LogP contribution in [0.25, 0.3) is 10.8 Å². The summed E-state index contributed by atoms with van der Waals surface area (Å²) >= 11 is 0. The van der Waals surface area contributed by atoms with Crippen molar-refractivity contribution >= 4 is 10.8 Å². The molecule has 0 aliphatic rings. The first kappa shape index (κ1) is 14.0. The van der Waals surface area contributed by atoms with Crippen molar-refractivity contribution in [3.63, 3.8) is 0 Å². The Morgan fingerprint density at radius 2 is 2.11 bits per heavy atom. The lowest BCUT2D eigenvalue weighted by Crippen LogP contribution is -2.37. The minimum atomic E-state index is -0.124. The van der Waals surface area contributed by atoms with Gasteiger partial charge in [-0.3, -0.25) is 4.98 Å². The normalized spacial score (nSPS) is 11.9. The van der Waals surface area contributed by atoms with Crippen molar-refractivity contribution in [2.45, 2.75) is 32.9 Å². The maximum atomic E-state index is 5.68. The maximum absolute atomic E-state index is 5.68. The summed E-state index contributed by atoms with van der Waals surface area (Å²) in [6.45, 7) is 8.67. The number of benzene rings is 1. The van der Waals surface area contributed by atoms with Crippen LogP contribution in [-0.4, -0.2) is 23.7 Å². The predicted octanol–water partition coefficient (Wildman–Crippen LogP) is 3.14. The fourth-order valence-corrected chi connectivity index (χ4v) is 2.28. The Morgan fingerprint density at radius 3 is 2.89 bits per heavy atom. The monoisotopic (exact) mass is 258 g/mol. The van der Waals surface area contributed by atoms with Crippen molar-refractivity contribution in [1.82, 2.24) is 10.3 Å². The first-order chi connectivity index (χ1) is 9.12. The lowest BCUT2D eigenvalue weighted by Gasteiger charge is -2.25. The number of ether oxygens (including phenoxy) is 1. The van der Waals surface area contributed by atoms with Gasteiger partial charge >= 0.3 is 0 Å². The molecule has 0 unspecified atom stereocenters. The number of fused-ring (bicyclic) bond motifs is 1. The fourth-order valence-electron chi connectivity index (χ4n) is 2.28. The van der Waals surface area contributed by atoms with Gasteiger partial charge in [0, 0.05) is 37.5 Å². The number of nitrogens with one attached hydrogen (secondary N) is 1. The van der Waals surface area contributed by atoms with Crippen LogP contribution in [0.5, 0.6) is 0 Å². The van der Waals surface area contributed by atoms with E-state index in [0.717, 1.165) is 19.7 Å². The van der Waals surface area contributed by atoms with Crippen molar-refractivity contribution in [2.24, 2.45) is 0 Å². The Balaban J connectivity index is 2.02. The van der Waals surface area contributed by atoms with E-state index in [4.69, 9.17) is 4.74 Å². The van der Waals surface area contributed by atoms with E-state index >= 15 is 0 Å². The second kappa shape index (κ2) is 6.13. The topological polar surface area (TPSA) is 34.1 Å². The summed E-state index contributed by atoms with van der Waals surface area (Å²) in [5.41, 5.74) is 1.17. The molecule has 0 spiro atoms. The lowest BCUT2D eigenvalue weighted by molar-refractivity contribution is -0.00896. The van der Waals surface area contributed by atoms with E-state index in [1.807, 2.05) is 19.3 Å². The number of hydrogen-bond acceptors (Lipinski definition) is 3. The van der Waals surface area contributed by atoms with Crippen LogP contribution in [-0.2, 0) is 11.3 Å². The van der Waals surface area contributed by atoms with Gasteiger partial charge in [0.05, 0.1) is 5.60 Å². The molecule has 0 amide bonds. The Bertz CT molecular complexity index is 532. The zero-order chi connectivity index (χ0) is 13.7. The highest BCUT2D eigenvalue weighted by molar-refractivity contribution is 5.84. The van der Waals surface area contributed by atoms with E-state index in [1.54, 1.807) is 0 Å². The van der Waals surface area contributed by atoms with Crippen molar-refractivity contribution in [3.8, 4) is 0 Å². The molecule has 0 saturated carbocycles. The minimum Gasteiger partial charge on any atom is -0.375 e. The Kier molecular flexibility index (Phi) is 4.51. The molecule has 0 fully saturated rings. The summed E-state index contributed by atoms with van der Waals surface area (Å²) in [4.78, 5) is 4.16. The molecule has 1 aromatic heterocycles. The summed E-state index contributed by atoms with van der Waals surface area (Å²) < 4.78 is 5.68. The zero-order valence-corrected chi connectivity index (χ0v) is 11.9. The summed E-state index contributed by atoms with van der Waals surface area (Å²) in [7, 11) is 0. The van der Waals surface area contributed by atoms with E-state index in [2.05, 4.69) is 48.4 Å². The smallest absolute Gasteiger partial charge is 0.0750 e. The Hall–Kier alpha value is -1.45. The molecule has 102 valence electrons. The van der Waals surface area contributed by atoms with E-state index in [1.165, 1.54) is 16.3 Å². The van der Waals surface area contributed by atoms with Gasteiger partial charge in [0.1, 0.15) is 0 Å². The van der Waals surface area contributed by atoms with E-state index in [-0.39, 0.29) is 5.60 Å². The van der Waals surface area contributed by atoms with Crippen molar-refractivity contribution in [1.29, 1.82) is 0 Å². The molecule has 0 bridgehead atoms. The van der Waals surface area contributed by atoms with Gasteiger partial charge in [-0.2, -0.15) is 0 Å². The standard InChI is InChI=1S/C16H22N2O/c1-4-19-16(2,3)12-18-11-14-7-5-6-13-10-17-9-8-15(13)14/h5-10,18H,4,11-12H2,1-3H3. The SMILES string of the molecule is CCOC(C)(C)CNCc1cccc2cnccc12. The Labute approximate surface area is 115 Å². The first-order valence-electron chi connectivity index (χ1n) is 6.79. The van der Waals surface area contributed by atoms with Gasteiger partial charge in [-0.25, -0.2) is 0 Å². The second-order valence-electron chi connectivity index (χ2n) is 5.31. The van der Waals surface area contributed by atoms with Crippen LogP contribution in [0.4, 0.5) is 0 Å². The number of nitrogens with zero attached hydrogens (tertiary/aromatic N) is 1. The van der Waals surface area contributed by atoms with Crippen LogP contribution >= 0.6 is 0 Å². The van der Waals surface area contributed by atoms with Crippen LogP contribution in [0.1, 0.15) is 26.3 Å². The molecule has 0 aliphatic carbocycles. The Morgan fingerprint density at radius 1 is 1.26 bits per heavy atom. The third-order valence-corrected chi connectivity index (χ3v) is 3.17. The molecule has 0 radical (unpaired) electrons. The number of aromatic nitrogens is 1. The van der Waals surface area contributed by atoms with Crippen molar-refractivity contribution < 1.29 is 4.74 Å². The highest BCUT2D eigenvalue weighted by atomic mass is 16.5. The maximum Gasteiger partial charge on any atom is 0.0750 e. The predicted molar refractivity (Wildman–Crippen MR) is 79.2 cm³/mol. The molecular weight excluding hydrogens is 236 g/mol. The molecule has 1 heterocycles. The third-order valence-electron chi connectivity index (χ3n) is 3.17. The second-order valence-corrected chi connectivity index (χ2v) is 5.31. The molecule has 3 heteroatoms. The average molecular weight is 258 g/mol. The van der Waals surface area contributed by atoms with Crippen LogP contribution in [0.3, 0.4) is 0 Å². The van der Waals surface area contributed by atoms with E-state index in [9.17, 15) is 0 Å². The number of pyridine rings is 1. The zero-order valence-electron chi connectivity index (χ0n) is 11.9. The van der Waals surface area contributed by atoms with Crippen molar-refractivity contribution in [2.75, 3.05) is 13.2 Å². The molecule has 2 aromatic rings. The molecule has 19 heavy (non-hydrogen) atoms. The van der Waals surface area contributed by atoms with Gasteiger partial charge in [-0.1, -0.05) is 18.2 Å². The molecule has 0 aliphatic heterocycles. The summed E-state index contributed by atoms with van der Waals surface area (Å²) in [6, 6.07) is 8.40. The summed E-state index contributed by atoms with van der Waals surface area (Å²) in [6.07, 6.45) is 3.75. The number of hydrogen-bond donors (Lipinski definition) is 1. The van der Waals surface area contributed by atoms with Crippen molar-refractivity contribution in [3.05, 3.63) is 42.2 Å². The van der Waals surface area contributed by atoms with Gasteiger partial charge in [0.2, 0.25) is 0 Å². The molecule has 1 N–H and O–H groups in total. The lowest BCUT2D eigenvalue weighted by atomic mass is 10.1. The van der Waals surface area contributed by atoms with Crippen LogP contribution in [0, 0.1) is 0 Å². The molecule has 0 atom stereocenters. The summed E-state index contributed by atoms with van der Waals surface area (Å²) in [5, 5.41) is 5.92. The fraction of sp³-hybridized carbons (Fsp3) is 0.438. The first-order valence-corrected chi connectivity index (χ1v) is 6.79. The largest absolute Gasteiger partial charge is 0.375 e. The van der Waals surface area contributed by atoms with Gasteiger partial charge in [0.15, 0.2) is 0 Å². The van der Waals surface area contributed by atoms with Gasteiger partial charge in [-0.15, -0.1) is 0 Å². The van der Waals surface area contributed by atoms with Gasteiger partial charge in [-0.05, 0) is 37.8 Å². The van der Waals surface area contributed by atoms with E-state index in [0.29, 0.717) is 0 Å². The van der Waals surface area contributed by atoms with Crippen LogP contribution in [0.2, 0.25) is 0 Å². The quantitative estimate of drug-likeness (QED) is 0.864. The van der Waals surface area contributed by atoms with E-state index < -0.39 is 0 Å². The average Bonchev–Trinajstić information content (AvgIpc) is 2.39. The minimum absolute atomic E-state index is 0.124. The molecule has 3 nitrogen and oxygen atoms in total. The number of rotatable bonds is 6. The van der Waals surface area contributed by atoms with Gasteiger partial charge < -0.3 is 10.1 Å².